The van der Waals surface area contributed by atoms with Gasteiger partial charge in [-0.1, -0.05) is 0 Å². The smallest absolute Gasteiger partial charge is 0.399 e. The second kappa shape index (κ2) is 5.04. The van der Waals surface area contributed by atoms with Crippen LogP contribution in [0, 0.1) is 0 Å². The lowest BCUT2D eigenvalue weighted by Crippen LogP contribution is -2.41. The van der Waals surface area contributed by atoms with Crippen molar-refractivity contribution in [2.24, 2.45) is 0 Å². The van der Waals surface area contributed by atoms with Gasteiger partial charge in [-0.25, -0.2) is 0 Å². The van der Waals surface area contributed by atoms with Gasteiger partial charge in [-0.3, -0.25) is 8.77 Å². The summed E-state index contributed by atoms with van der Waals surface area (Å²) in [7, 11) is 0.973. The highest BCUT2D eigenvalue weighted by Gasteiger charge is 2.52. The Morgan fingerprint density at radius 3 is 2.48 bits per heavy atom. The summed E-state index contributed by atoms with van der Waals surface area (Å²) in [4.78, 5) is 14.8. The first kappa shape index (κ1) is 15.5. The van der Waals surface area contributed by atoms with Crippen molar-refractivity contribution in [3.63, 3.8) is 0 Å². The number of fused-ring (bicyclic) bond motifs is 1. The van der Waals surface area contributed by atoms with E-state index in [2.05, 4.69) is 26.2 Å². The topological polar surface area (TPSA) is 56.2 Å². The number of halogens is 1. The van der Waals surface area contributed by atoms with E-state index in [0.29, 0.717) is 5.52 Å². The Labute approximate surface area is 139 Å². The Morgan fingerprint density at radius 1 is 1.29 bits per heavy atom. The van der Waals surface area contributed by atoms with Crippen molar-refractivity contribution in [3.8, 4) is 0 Å². The SMILES string of the molecule is CC1(C)OB(c2c[nH]c(=O)c3c2ccn3SI)OC1(C)C. The van der Waals surface area contributed by atoms with E-state index in [-0.39, 0.29) is 5.56 Å². The van der Waals surface area contributed by atoms with Crippen molar-refractivity contribution in [2.45, 2.75) is 38.9 Å². The van der Waals surface area contributed by atoms with Crippen LogP contribution in [0.25, 0.3) is 10.9 Å². The molecule has 1 saturated heterocycles. The third kappa shape index (κ3) is 2.36. The minimum absolute atomic E-state index is 0.112. The minimum Gasteiger partial charge on any atom is -0.399 e. The second-order valence-corrected chi connectivity index (χ2v) is 7.85. The molecule has 0 saturated carbocycles. The maximum atomic E-state index is 12.1. The molecule has 21 heavy (non-hydrogen) atoms. The Kier molecular flexibility index (Phi) is 3.71. The molecule has 0 aromatic carbocycles. The third-order valence-corrected chi connectivity index (χ3v) is 6.04. The van der Waals surface area contributed by atoms with Gasteiger partial charge in [0.25, 0.3) is 5.56 Å². The van der Waals surface area contributed by atoms with Crippen molar-refractivity contribution in [2.75, 3.05) is 0 Å². The summed E-state index contributed by atoms with van der Waals surface area (Å²) in [6, 6.07) is 1.93. The lowest BCUT2D eigenvalue weighted by molar-refractivity contribution is 0.00578. The monoisotopic (exact) mass is 418 g/mol. The van der Waals surface area contributed by atoms with E-state index in [9.17, 15) is 4.79 Å². The largest absolute Gasteiger partial charge is 0.497 e. The zero-order valence-corrected chi connectivity index (χ0v) is 15.2. The van der Waals surface area contributed by atoms with Gasteiger partial charge >= 0.3 is 7.12 Å². The number of H-pyrrole nitrogens is 1. The van der Waals surface area contributed by atoms with Gasteiger partial charge < -0.3 is 14.3 Å². The van der Waals surface area contributed by atoms with Gasteiger partial charge in [0.2, 0.25) is 0 Å². The van der Waals surface area contributed by atoms with Gasteiger partial charge in [0, 0.05) is 53.6 Å². The van der Waals surface area contributed by atoms with Crippen LogP contribution in [0.1, 0.15) is 27.7 Å². The molecule has 0 bridgehead atoms. The van der Waals surface area contributed by atoms with Crippen LogP contribution in [-0.4, -0.2) is 27.3 Å². The summed E-state index contributed by atoms with van der Waals surface area (Å²) in [5.74, 6) is 0. The van der Waals surface area contributed by atoms with Crippen LogP contribution in [-0.2, 0) is 9.31 Å². The van der Waals surface area contributed by atoms with Crippen LogP contribution >= 0.6 is 30.3 Å². The fraction of sp³-hybridized carbons (Fsp3) is 0.462. The summed E-state index contributed by atoms with van der Waals surface area (Å²) >= 11 is 2.15. The van der Waals surface area contributed by atoms with Gasteiger partial charge in [0.1, 0.15) is 5.52 Å². The molecule has 0 spiro atoms. The van der Waals surface area contributed by atoms with Crippen molar-refractivity contribution in [1.82, 2.24) is 8.96 Å². The van der Waals surface area contributed by atoms with Crippen molar-refractivity contribution < 1.29 is 9.31 Å². The number of hydrogen-bond acceptors (Lipinski definition) is 4. The molecule has 2 aromatic rings. The highest BCUT2D eigenvalue weighted by Crippen LogP contribution is 2.37. The molecule has 1 fully saturated rings. The number of hydrogen-bond donors (Lipinski definition) is 1. The Morgan fingerprint density at radius 2 is 1.90 bits per heavy atom. The predicted molar refractivity (Wildman–Crippen MR) is 95.3 cm³/mol. The molecule has 3 heterocycles. The first-order valence-electron chi connectivity index (χ1n) is 6.64. The molecule has 0 amide bonds. The summed E-state index contributed by atoms with van der Waals surface area (Å²) < 4.78 is 14.0. The van der Waals surface area contributed by atoms with E-state index in [1.54, 1.807) is 6.20 Å². The van der Waals surface area contributed by atoms with Crippen LogP contribution < -0.4 is 11.0 Å². The van der Waals surface area contributed by atoms with E-state index in [0.717, 1.165) is 10.8 Å². The van der Waals surface area contributed by atoms with E-state index in [1.165, 1.54) is 9.12 Å². The highest BCUT2D eigenvalue weighted by molar-refractivity contribution is 14.2. The predicted octanol–water partition coefficient (Wildman–Crippen LogP) is 2.48. The summed E-state index contributed by atoms with van der Waals surface area (Å²) in [5.41, 5.74) is 0.565. The summed E-state index contributed by atoms with van der Waals surface area (Å²) in [6.45, 7) is 8.06. The average Bonchev–Trinajstić information content (AvgIpc) is 2.90. The molecule has 8 heteroatoms. The standard InChI is InChI=1S/C13H16BIN2O3S/c1-12(2)13(3,4)20-14(19-12)9-7-16-11(18)10-8(9)5-6-17(10)21-15/h5-7H,1-4H3,(H,16,18). The normalized spacial score (nSPS) is 20.3. The third-order valence-electron chi connectivity index (χ3n) is 4.32. The van der Waals surface area contributed by atoms with Gasteiger partial charge in [-0.2, -0.15) is 0 Å². The molecule has 0 aliphatic carbocycles. The van der Waals surface area contributed by atoms with Gasteiger partial charge in [-0.05, 0) is 33.8 Å². The first-order valence-corrected chi connectivity index (χ1v) is 9.96. The average molecular weight is 418 g/mol. The van der Waals surface area contributed by atoms with Gasteiger partial charge in [-0.15, -0.1) is 0 Å². The fourth-order valence-corrected chi connectivity index (χ4v) is 3.72. The number of aromatic nitrogens is 2. The Balaban J connectivity index is 2.13. The van der Waals surface area contributed by atoms with E-state index in [1.807, 2.05) is 43.9 Å². The first-order chi connectivity index (χ1) is 9.77. The highest BCUT2D eigenvalue weighted by atomic mass is 127. The van der Waals surface area contributed by atoms with E-state index < -0.39 is 18.3 Å². The van der Waals surface area contributed by atoms with Gasteiger partial charge in [0.15, 0.2) is 0 Å². The molecule has 112 valence electrons. The Hall–Kier alpha value is -0.445. The molecule has 3 rings (SSSR count). The van der Waals surface area contributed by atoms with Crippen LogP contribution in [0.3, 0.4) is 0 Å². The molecule has 2 aromatic heterocycles. The zero-order valence-electron chi connectivity index (χ0n) is 12.3. The van der Waals surface area contributed by atoms with Crippen LogP contribution in [0.4, 0.5) is 0 Å². The molecule has 1 N–H and O–H groups in total. The molecule has 5 nitrogen and oxygen atoms in total. The quantitative estimate of drug-likeness (QED) is 0.602. The molecule has 0 atom stereocenters. The number of pyridine rings is 1. The molecular formula is C13H16BIN2O3S. The minimum atomic E-state index is -0.482. The van der Waals surface area contributed by atoms with Crippen molar-refractivity contribution >= 4 is 53.8 Å². The van der Waals surface area contributed by atoms with Crippen LogP contribution in [0.15, 0.2) is 23.3 Å². The maximum Gasteiger partial charge on any atom is 0.497 e. The lowest BCUT2D eigenvalue weighted by Gasteiger charge is -2.32. The molecule has 0 unspecified atom stereocenters. The summed E-state index contributed by atoms with van der Waals surface area (Å²) in [6.07, 6.45) is 3.57. The molecule has 1 aliphatic heterocycles. The van der Waals surface area contributed by atoms with Gasteiger partial charge in [0.05, 0.1) is 11.2 Å². The fourth-order valence-electron chi connectivity index (χ4n) is 2.38. The second-order valence-electron chi connectivity index (χ2n) is 6.13. The molecular weight excluding hydrogens is 402 g/mol. The number of nitrogens with zero attached hydrogens (tertiary/aromatic N) is 1. The van der Waals surface area contributed by atoms with Crippen LogP contribution in [0.2, 0.25) is 0 Å². The van der Waals surface area contributed by atoms with Crippen molar-refractivity contribution in [1.29, 1.82) is 0 Å². The number of nitrogens with one attached hydrogen (secondary N) is 1. The van der Waals surface area contributed by atoms with E-state index in [4.69, 9.17) is 9.31 Å². The Bertz CT molecular complexity index is 739. The maximum absolute atomic E-state index is 12.1. The molecule has 0 radical (unpaired) electrons. The zero-order chi connectivity index (χ0) is 15.4. The molecule has 1 aliphatic rings. The summed E-state index contributed by atoms with van der Waals surface area (Å²) in [5, 5.41) is 0.862. The number of rotatable bonds is 2. The van der Waals surface area contributed by atoms with Crippen molar-refractivity contribution in [3.05, 3.63) is 28.8 Å². The lowest BCUT2D eigenvalue weighted by atomic mass is 9.78. The van der Waals surface area contributed by atoms with Crippen LogP contribution in [0.5, 0.6) is 0 Å². The number of aromatic amines is 1. The van der Waals surface area contributed by atoms with E-state index >= 15 is 0 Å².